The molecule has 11 heteroatoms. The number of hydrogen-bond acceptors (Lipinski definition) is 4. The topological polar surface area (TPSA) is 86.8 Å². The smallest absolute Gasteiger partial charge is 0.264 e. The molecule has 43 heavy (non-hydrogen) atoms. The minimum Gasteiger partial charge on any atom is -0.352 e. The van der Waals surface area contributed by atoms with E-state index in [4.69, 9.17) is 34.8 Å². The number of hydrogen-bond donors (Lipinski definition) is 1. The van der Waals surface area contributed by atoms with Crippen molar-refractivity contribution < 1.29 is 18.0 Å². The molecular weight excluding hydrogens is 629 g/mol. The third-order valence-electron chi connectivity index (χ3n) is 7.70. The zero-order valence-electron chi connectivity index (χ0n) is 24.2. The number of benzene rings is 3. The molecule has 0 heterocycles. The largest absolute Gasteiger partial charge is 0.352 e. The first kappa shape index (κ1) is 33.1. The maximum Gasteiger partial charge on any atom is 0.264 e. The summed E-state index contributed by atoms with van der Waals surface area (Å²) in [6, 6.07) is 16.9. The number of sulfonamides is 1. The monoisotopic (exact) mass is 663 g/mol. The molecule has 2 amide bonds. The van der Waals surface area contributed by atoms with Crippen LogP contribution in [0, 0.1) is 6.92 Å². The number of carbonyl (C=O) groups excluding carboxylic acids is 2. The van der Waals surface area contributed by atoms with Gasteiger partial charge in [-0.25, -0.2) is 8.42 Å². The molecule has 0 radical (unpaired) electrons. The third-order valence-corrected chi connectivity index (χ3v) is 10.4. The maximum atomic E-state index is 14.3. The lowest BCUT2D eigenvalue weighted by molar-refractivity contribution is -0.140. The molecule has 1 aliphatic rings. The number of carbonyl (C=O) groups is 2. The Bertz CT molecular complexity index is 1520. The van der Waals surface area contributed by atoms with Gasteiger partial charge in [0.05, 0.1) is 10.6 Å². The lowest BCUT2D eigenvalue weighted by Gasteiger charge is -2.35. The molecule has 1 fully saturated rings. The molecule has 1 aliphatic carbocycles. The van der Waals surface area contributed by atoms with Crippen LogP contribution in [0.15, 0.2) is 71.6 Å². The quantitative estimate of drug-likeness (QED) is 0.231. The van der Waals surface area contributed by atoms with Gasteiger partial charge in [0.15, 0.2) is 0 Å². The fraction of sp³-hybridized carbons (Fsp3) is 0.375. The fourth-order valence-electron chi connectivity index (χ4n) is 5.36. The number of nitrogens with one attached hydrogen (secondary N) is 1. The maximum absolute atomic E-state index is 14.3. The summed E-state index contributed by atoms with van der Waals surface area (Å²) in [6.07, 6.45) is 5.28. The first-order valence-electron chi connectivity index (χ1n) is 14.4. The number of amides is 2. The number of nitrogens with zero attached hydrogens (tertiary/aromatic N) is 2. The van der Waals surface area contributed by atoms with Gasteiger partial charge in [-0.2, -0.15) is 0 Å². The second-order valence-corrected chi connectivity index (χ2v) is 13.9. The molecule has 230 valence electrons. The summed E-state index contributed by atoms with van der Waals surface area (Å²) in [5.41, 5.74) is 1.61. The van der Waals surface area contributed by atoms with E-state index in [-0.39, 0.29) is 23.4 Å². The Morgan fingerprint density at radius 2 is 1.56 bits per heavy atom. The molecule has 0 aromatic heterocycles. The summed E-state index contributed by atoms with van der Waals surface area (Å²) >= 11 is 19.0. The van der Waals surface area contributed by atoms with Gasteiger partial charge in [0, 0.05) is 33.2 Å². The van der Waals surface area contributed by atoms with E-state index in [1.54, 1.807) is 36.4 Å². The summed E-state index contributed by atoms with van der Waals surface area (Å²) in [6.45, 7) is 3.04. The molecule has 0 saturated heterocycles. The second-order valence-electron chi connectivity index (χ2n) is 10.8. The van der Waals surface area contributed by atoms with Crippen LogP contribution < -0.4 is 9.62 Å². The average molecular weight is 665 g/mol. The number of anilines is 1. The minimum atomic E-state index is -4.21. The zero-order valence-corrected chi connectivity index (χ0v) is 27.3. The predicted molar refractivity (Wildman–Crippen MR) is 173 cm³/mol. The summed E-state index contributed by atoms with van der Waals surface area (Å²) in [7, 11) is -4.21. The highest BCUT2D eigenvalue weighted by Crippen LogP contribution is 2.29. The molecule has 3 aromatic carbocycles. The van der Waals surface area contributed by atoms with Gasteiger partial charge in [0.25, 0.3) is 10.0 Å². The van der Waals surface area contributed by atoms with Crippen LogP contribution in [0.2, 0.25) is 15.1 Å². The Morgan fingerprint density at radius 1 is 0.930 bits per heavy atom. The molecular formula is C32H36Cl3N3O4S. The van der Waals surface area contributed by atoms with E-state index in [1.807, 2.05) is 19.9 Å². The summed E-state index contributed by atoms with van der Waals surface area (Å²) in [4.78, 5) is 29.4. The van der Waals surface area contributed by atoms with Crippen LogP contribution in [0.4, 0.5) is 5.69 Å². The highest BCUT2D eigenvalue weighted by atomic mass is 35.5. The van der Waals surface area contributed by atoms with E-state index in [0.29, 0.717) is 32.7 Å². The van der Waals surface area contributed by atoms with Gasteiger partial charge < -0.3 is 10.2 Å². The van der Waals surface area contributed by atoms with Gasteiger partial charge >= 0.3 is 0 Å². The van der Waals surface area contributed by atoms with Crippen LogP contribution in [0.1, 0.15) is 56.6 Å². The Balaban J connectivity index is 1.74. The van der Waals surface area contributed by atoms with E-state index < -0.39 is 28.5 Å². The van der Waals surface area contributed by atoms with Crippen LogP contribution in [0.5, 0.6) is 0 Å². The number of halogens is 3. The molecule has 0 bridgehead atoms. The van der Waals surface area contributed by atoms with E-state index >= 15 is 0 Å². The summed E-state index contributed by atoms with van der Waals surface area (Å²) < 4.78 is 29.1. The van der Waals surface area contributed by atoms with Crippen LogP contribution in [0.3, 0.4) is 0 Å². The van der Waals surface area contributed by atoms with Gasteiger partial charge in [0.2, 0.25) is 11.8 Å². The lowest BCUT2D eigenvalue weighted by atomic mass is 9.95. The van der Waals surface area contributed by atoms with E-state index in [9.17, 15) is 18.0 Å². The van der Waals surface area contributed by atoms with Crippen molar-refractivity contribution in [3.63, 3.8) is 0 Å². The van der Waals surface area contributed by atoms with Gasteiger partial charge in [-0.3, -0.25) is 13.9 Å². The van der Waals surface area contributed by atoms with E-state index in [0.717, 1.165) is 42.0 Å². The van der Waals surface area contributed by atoms with E-state index in [2.05, 4.69) is 5.32 Å². The molecule has 0 aliphatic heterocycles. The fourth-order valence-corrected chi connectivity index (χ4v) is 7.41. The zero-order chi connectivity index (χ0) is 31.1. The Labute approximate surface area is 269 Å². The second kappa shape index (κ2) is 14.8. The van der Waals surface area contributed by atoms with Crippen molar-refractivity contribution in [1.29, 1.82) is 0 Å². The Hall–Kier alpha value is -2.78. The van der Waals surface area contributed by atoms with Crippen molar-refractivity contribution >= 4 is 62.3 Å². The van der Waals surface area contributed by atoms with Crippen molar-refractivity contribution in [2.45, 2.75) is 75.9 Å². The van der Waals surface area contributed by atoms with Gasteiger partial charge in [-0.15, -0.1) is 0 Å². The summed E-state index contributed by atoms with van der Waals surface area (Å²) in [5, 5.41) is 4.20. The van der Waals surface area contributed by atoms with Crippen molar-refractivity contribution in [1.82, 2.24) is 10.2 Å². The van der Waals surface area contributed by atoms with Crippen LogP contribution in [-0.2, 0) is 26.2 Å². The highest BCUT2D eigenvalue weighted by Gasteiger charge is 2.35. The molecule has 3 aromatic rings. The molecule has 0 spiro atoms. The van der Waals surface area contributed by atoms with Crippen LogP contribution in [-0.4, -0.2) is 43.8 Å². The van der Waals surface area contributed by atoms with Crippen molar-refractivity contribution in [3.8, 4) is 0 Å². The lowest BCUT2D eigenvalue weighted by Crippen LogP contribution is -2.54. The van der Waals surface area contributed by atoms with Gasteiger partial charge in [-0.1, -0.05) is 79.2 Å². The normalized spacial score (nSPS) is 14.6. The number of aryl methyl sites for hydroxylation is 1. The highest BCUT2D eigenvalue weighted by molar-refractivity contribution is 7.92. The Kier molecular flexibility index (Phi) is 11.4. The Morgan fingerprint density at radius 3 is 2.16 bits per heavy atom. The molecule has 1 N–H and O–H groups in total. The number of rotatable bonds is 11. The minimum absolute atomic E-state index is 0.0195. The standard InChI is InChI=1S/C32H36Cl3N3O4S/c1-3-30(32(40)36-24-10-5-4-6-11-24)37(20-27-28(34)13-8-14-29(27)35)31(39)21-38(25-12-7-9-22(2)19-25)43(41,42)26-17-15-23(33)16-18-26/h7-9,12-19,24,30H,3-6,10-11,20-21H2,1-2H3,(H,36,40). The van der Waals surface area contributed by atoms with Gasteiger partial charge in [0.1, 0.15) is 12.6 Å². The summed E-state index contributed by atoms with van der Waals surface area (Å²) in [5.74, 6) is -0.853. The van der Waals surface area contributed by atoms with Crippen molar-refractivity contribution in [3.05, 3.63) is 92.9 Å². The first-order chi connectivity index (χ1) is 20.5. The van der Waals surface area contributed by atoms with Crippen LogP contribution >= 0.6 is 34.8 Å². The third kappa shape index (κ3) is 8.24. The predicted octanol–water partition coefficient (Wildman–Crippen LogP) is 7.41. The average Bonchev–Trinajstić information content (AvgIpc) is 2.97. The SMILES string of the molecule is CCC(C(=O)NC1CCCCC1)N(Cc1c(Cl)cccc1Cl)C(=O)CN(c1cccc(C)c1)S(=O)(=O)c1ccc(Cl)cc1. The van der Waals surface area contributed by atoms with Crippen molar-refractivity contribution in [2.75, 3.05) is 10.8 Å². The molecule has 1 atom stereocenters. The molecule has 1 unspecified atom stereocenters. The van der Waals surface area contributed by atoms with Crippen LogP contribution in [0.25, 0.3) is 0 Å². The van der Waals surface area contributed by atoms with Crippen molar-refractivity contribution in [2.24, 2.45) is 0 Å². The first-order valence-corrected chi connectivity index (χ1v) is 17.0. The molecule has 4 rings (SSSR count). The molecule has 1 saturated carbocycles. The van der Waals surface area contributed by atoms with E-state index in [1.165, 1.54) is 29.2 Å². The molecule has 7 nitrogen and oxygen atoms in total. The van der Waals surface area contributed by atoms with Gasteiger partial charge in [-0.05, 0) is 80.3 Å².